The molecule has 0 amide bonds. The molecular formula is C16H24ClN3O2S. The third-order valence-electron chi connectivity index (χ3n) is 4.18. The molecule has 1 fully saturated rings. The van der Waals surface area contributed by atoms with Gasteiger partial charge in [-0.25, -0.2) is 8.42 Å². The van der Waals surface area contributed by atoms with E-state index < -0.39 is 10.0 Å². The zero-order valence-electron chi connectivity index (χ0n) is 13.6. The number of hydrogen-bond acceptors (Lipinski definition) is 4. The number of hydrogen-bond donors (Lipinski definition) is 1. The number of halogens is 1. The summed E-state index contributed by atoms with van der Waals surface area (Å²) in [4.78, 5) is 0.316. The lowest BCUT2D eigenvalue weighted by Crippen LogP contribution is -2.40. The SMILES string of the molecule is CCNCC1CCN(S(=O)(=O)c2ccc(C#N)cc2C)CC1.Cl. The van der Waals surface area contributed by atoms with Crippen LogP contribution in [0, 0.1) is 24.2 Å². The number of nitrogens with one attached hydrogen (secondary N) is 1. The van der Waals surface area contributed by atoms with Crippen molar-refractivity contribution in [3.63, 3.8) is 0 Å². The van der Waals surface area contributed by atoms with E-state index in [1.54, 1.807) is 29.4 Å². The smallest absolute Gasteiger partial charge is 0.243 e. The Morgan fingerprint density at radius 3 is 2.52 bits per heavy atom. The molecule has 1 heterocycles. The highest BCUT2D eigenvalue weighted by molar-refractivity contribution is 7.89. The van der Waals surface area contributed by atoms with E-state index in [1.807, 2.05) is 6.07 Å². The maximum absolute atomic E-state index is 12.8. The van der Waals surface area contributed by atoms with Gasteiger partial charge in [0.25, 0.3) is 0 Å². The van der Waals surface area contributed by atoms with Gasteiger partial charge in [0.1, 0.15) is 0 Å². The molecule has 2 rings (SSSR count). The number of benzene rings is 1. The number of piperidine rings is 1. The molecule has 1 aromatic carbocycles. The molecule has 1 aliphatic heterocycles. The summed E-state index contributed by atoms with van der Waals surface area (Å²) in [6.07, 6.45) is 1.78. The molecule has 23 heavy (non-hydrogen) atoms. The molecule has 0 spiro atoms. The van der Waals surface area contributed by atoms with Gasteiger partial charge in [-0.2, -0.15) is 9.57 Å². The average molecular weight is 358 g/mol. The minimum Gasteiger partial charge on any atom is -0.317 e. The van der Waals surface area contributed by atoms with Crippen molar-refractivity contribution < 1.29 is 8.42 Å². The van der Waals surface area contributed by atoms with Crippen LogP contribution in [0.5, 0.6) is 0 Å². The van der Waals surface area contributed by atoms with Gasteiger partial charge < -0.3 is 5.32 Å². The van der Waals surface area contributed by atoms with E-state index in [9.17, 15) is 8.42 Å². The summed E-state index contributed by atoms with van der Waals surface area (Å²) in [6.45, 7) is 6.86. The Morgan fingerprint density at radius 1 is 1.35 bits per heavy atom. The Labute approximate surface area is 145 Å². The molecule has 1 N–H and O–H groups in total. The van der Waals surface area contributed by atoms with Crippen molar-refractivity contribution in [3.05, 3.63) is 29.3 Å². The highest BCUT2D eigenvalue weighted by atomic mass is 35.5. The second-order valence-corrected chi connectivity index (χ2v) is 7.65. The van der Waals surface area contributed by atoms with Crippen LogP contribution in [0.1, 0.15) is 30.9 Å². The summed E-state index contributed by atoms with van der Waals surface area (Å²) in [5.74, 6) is 0.550. The van der Waals surface area contributed by atoms with E-state index in [1.165, 1.54) is 0 Å². The van der Waals surface area contributed by atoms with E-state index in [0.29, 0.717) is 35.0 Å². The van der Waals surface area contributed by atoms with Gasteiger partial charge in [-0.15, -0.1) is 12.4 Å². The van der Waals surface area contributed by atoms with Gasteiger partial charge >= 0.3 is 0 Å². The van der Waals surface area contributed by atoms with Gasteiger partial charge in [-0.05, 0) is 62.5 Å². The van der Waals surface area contributed by atoms with Gasteiger partial charge in [0.15, 0.2) is 0 Å². The maximum Gasteiger partial charge on any atom is 0.243 e. The Bertz CT molecular complexity index is 662. The largest absolute Gasteiger partial charge is 0.317 e. The van der Waals surface area contributed by atoms with E-state index in [2.05, 4.69) is 12.2 Å². The summed E-state index contributed by atoms with van der Waals surface area (Å²) in [5, 5.41) is 12.2. The number of sulfonamides is 1. The average Bonchev–Trinajstić information content (AvgIpc) is 2.52. The number of rotatable bonds is 5. The van der Waals surface area contributed by atoms with Crippen molar-refractivity contribution in [2.75, 3.05) is 26.2 Å². The van der Waals surface area contributed by atoms with Crippen molar-refractivity contribution in [2.24, 2.45) is 5.92 Å². The van der Waals surface area contributed by atoms with Crippen LogP contribution in [-0.4, -0.2) is 38.9 Å². The van der Waals surface area contributed by atoms with Crippen LogP contribution in [-0.2, 0) is 10.0 Å². The molecule has 0 radical (unpaired) electrons. The summed E-state index contributed by atoms with van der Waals surface area (Å²) in [5.41, 5.74) is 1.12. The first kappa shape index (κ1) is 19.9. The zero-order valence-corrected chi connectivity index (χ0v) is 15.2. The number of nitriles is 1. The minimum atomic E-state index is -3.46. The molecular weight excluding hydrogens is 334 g/mol. The van der Waals surface area contributed by atoms with E-state index >= 15 is 0 Å². The normalized spacial score (nSPS) is 16.6. The lowest BCUT2D eigenvalue weighted by atomic mass is 9.98. The van der Waals surface area contributed by atoms with E-state index in [0.717, 1.165) is 25.9 Å². The molecule has 1 aromatic rings. The second-order valence-electron chi connectivity index (χ2n) is 5.75. The quantitative estimate of drug-likeness (QED) is 0.877. The lowest BCUT2D eigenvalue weighted by molar-refractivity contribution is 0.268. The molecule has 7 heteroatoms. The fraction of sp³-hybridized carbons (Fsp3) is 0.562. The van der Waals surface area contributed by atoms with Crippen molar-refractivity contribution >= 4 is 22.4 Å². The highest BCUT2D eigenvalue weighted by Crippen LogP contribution is 2.25. The third-order valence-corrected chi connectivity index (χ3v) is 6.24. The van der Waals surface area contributed by atoms with Crippen LogP contribution in [0.3, 0.4) is 0 Å². The molecule has 1 aliphatic rings. The fourth-order valence-corrected chi connectivity index (χ4v) is 4.53. The van der Waals surface area contributed by atoms with Gasteiger partial charge in [-0.3, -0.25) is 0 Å². The van der Waals surface area contributed by atoms with Gasteiger partial charge in [0, 0.05) is 13.1 Å². The first-order chi connectivity index (χ1) is 10.5. The topological polar surface area (TPSA) is 73.2 Å². The third kappa shape index (κ3) is 4.67. The Kier molecular flexibility index (Phi) is 7.49. The molecule has 0 saturated carbocycles. The summed E-state index contributed by atoms with van der Waals surface area (Å²) >= 11 is 0. The molecule has 0 bridgehead atoms. The standard InChI is InChI=1S/C16H23N3O2S.ClH/c1-3-18-12-14-6-8-19(9-7-14)22(20,21)16-5-4-15(11-17)10-13(16)2;/h4-5,10,14,18H,3,6-9,12H2,1-2H3;1H. The first-order valence-electron chi connectivity index (χ1n) is 7.70. The van der Waals surface area contributed by atoms with Crippen molar-refractivity contribution in [1.29, 1.82) is 5.26 Å². The fourth-order valence-electron chi connectivity index (χ4n) is 2.85. The lowest BCUT2D eigenvalue weighted by Gasteiger charge is -2.31. The molecule has 0 atom stereocenters. The van der Waals surface area contributed by atoms with Gasteiger partial charge in [0.2, 0.25) is 10.0 Å². The highest BCUT2D eigenvalue weighted by Gasteiger charge is 2.30. The van der Waals surface area contributed by atoms with Crippen LogP contribution in [0.25, 0.3) is 0 Å². The van der Waals surface area contributed by atoms with Gasteiger partial charge in [0.05, 0.1) is 16.5 Å². The van der Waals surface area contributed by atoms with E-state index in [4.69, 9.17) is 5.26 Å². The molecule has 5 nitrogen and oxygen atoms in total. The molecule has 0 aliphatic carbocycles. The Balaban J connectivity index is 0.00000264. The second kappa shape index (κ2) is 8.65. The summed E-state index contributed by atoms with van der Waals surface area (Å²) in [7, 11) is -3.46. The minimum absolute atomic E-state index is 0. The van der Waals surface area contributed by atoms with Crippen LogP contribution >= 0.6 is 12.4 Å². The van der Waals surface area contributed by atoms with Crippen LogP contribution in [0.4, 0.5) is 0 Å². The predicted octanol–water partition coefficient (Wildman–Crippen LogP) is 2.30. The summed E-state index contributed by atoms with van der Waals surface area (Å²) < 4.78 is 27.1. The molecule has 1 saturated heterocycles. The predicted molar refractivity (Wildman–Crippen MR) is 93.2 cm³/mol. The number of nitrogens with zero attached hydrogens (tertiary/aromatic N) is 2. The van der Waals surface area contributed by atoms with Crippen molar-refractivity contribution in [3.8, 4) is 6.07 Å². The monoisotopic (exact) mass is 357 g/mol. The van der Waals surface area contributed by atoms with Crippen LogP contribution < -0.4 is 5.32 Å². The van der Waals surface area contributed by atoms with Crippen LogP contribution in [0.2, 0.25) is 0 Å². The van der Waals surface area contributed by atoms with Gasteiger partial charge in [-0.1, -0.05) is 6.92 Å². The molecule has 128 valence electrons. The first-order valence-corrected chi connectivity index (χ1v) is 9.14. The molecule has 0 aromatic heterocycles. The number of aryl methyl sites for hydroxylation is 1. The maximum atomic E-state index is 12.8. The van der Waals surface area contributed by atoms with Crippen molar-refractivity contribution in [2.45, 2.75) is 31.6 Å². The zero-order chi connectivity index (χ0) is 16.2. The molecule has 0 unspecified atom stereocenters. The summed E-state index contributed by atoms with van der Waals surface area (Å²) in [6, 6.07) is 6.78. The van der Waals surface area contributed by atoms with Crippen LogP contribution in [0.15, 0.2) is 23.1 Å². The van der Waals surface area contributed by atoms with Crippen molar-refractivity contribution in [1.82, 2.24) is 9.62 Å². The Hall–Kier alpha value is -1.13. The van der Waals surface area contributed by atoms with E-state index in [-0.39, 0.29) is 12.4 Å². The Morgan fingerprint density at radius 2 is 2.00 bits per heavy atom.